The molecule has 14 heavy (non-hydrogen) atoms. The minimum absolute atomic E-state index is 0.259. The standard InChI is InChI=1S/C11H14FNO/c1-3-10-4-5-11(13-10)8-14-7-6-9(2)12/h3-5,13H,1-2,6-8H2. The Morgan fingerprint density at radius 3 is 2.93 bits per heavy atom. The largest absolute Gasteiger partial charge is 0.375 e. The van der Waals surface area contributed by atoms with Crippen LogP contribution in [0.2, 0.25) is 0 Å². The minimum atomic E-state index is -0.344. The number of aromatic amines is 1. The molecule has 0 bridgehead atoms. The molecule has 0 aromatic carbocycles. The molecule has 2 nitrogen and oxygen atoms in total. The molecule has 76 valence electrons. The number of hydrogen-bond acceptors (Lipinski definition) is 1. The van der Waals surface area contributed by atoms with Gasteiger partial charge in [0.1, 0.15) is 0 Å². The second-order valence-electron chi connectivity index (χ2n) is 2.96. The van der Waals surface area contributed by atoms with Gasteiger partial charge < -0.3 is 9.72 Å². The third kappa shape index (κ3) is 3.58. The molecule has 1 N–H and O–H groups in total. The Kier molecular flexibility index (Phi) is 4.13. The van der Waals surface area contributed by atoms with Crippen LogP contribution in [0.1, 0.15) is 17.8 Å². The molecule has 0 fully saturated rings. The lowest BCUT2D eigenvalue weighted by atomic mass is 10.4. The topological polar surface area (TPSA) is 25.0 Å². The summed E-state index contributed by atoms with van der Waals surface area (Å²) in [6, 6.07) is 3.83. The van der Waals surface area contributed by atoms with E-state index in [0.29, 0.717) is 13.2 Å². The van der Waals surface area contributed by atoms with E-state index in [4.69, 9.17) is 4.74 Å². The van der Waals surface area contributed by atoms with Crippen molar-refractivity contribution in [1.29, 1.82) is 0 Å². The molecule has 1 heterocycles. The van der Waals surface area contributed by atoms with E-state index in [-0.39, 0.29) is 12.2 Å². The fourth-order valence-electron chi connectivity index (χ4n) is 1.03. The third-order valence-electron chi connectivity index (χ3n) is 1.76. The van der Waals surface area contributed by atoms with Crippen molar-refractivity contribution in [2.75, 3.05) is 6.61 Å². The lowest BCUT2D eigenvalue weighted by Gasteiger charge is -2.00. The predicted octanol–water partition coefficient (Wildman–Crippen LogP) is 3.05. The van der Waals surface area contributed by atoms with E-state index in [1.165, 1.54) is 0 Å². The molecule has 0 saturated heterocycles. The highest BCUT2D eigenvalue weighted by atomic mass is 19.1. The summed E-state index contributed by atoms with van der Waals surface area (Å²) in [5.41, 5.74) is 1.92. The third-order valence-corrected chi connectivity index (χ3v) is 1.76. The van der Waals surface area contributed by atoms with Gasteiger partial charge in [0, 0.05) is 17.8 Å². The Labute approximate surface area is 83.1 Å². The van der Waals surface area contributed by atoms with Gasteiger partial charge in [0.15, 0.2) is 0 Å². The maximum Gasteiger partial charge on any atom is 0.0951 e. The normalized spacial score (nSPS) is 10.1. The maximum absolute atomic E-state index is 12.2. The molecule has 1 rings (SSSR count). The van der Waals surface area contributed by atoms with Gasteiger partial charge in [0.2, 0.25) is 0 Å². The van der Waals surface area contributed by atoms with Crippen molar-refractivity contribution < 1.29 is 9.13 Å². The van der Waals surface area contributed by atoms with Gasteiger partial charge in [-0.15, -0.1) is 0 Å². The van der Waals surface area contributed by atoms with Crippen molar-refractivity contribution >= 4 is 6.08 Å². The van der Waals surface area contributed by atoms with Crippen LogP contribution in [0.4, 0.5) is 4.39 Å². The van der Waals surface area contributed by atoms with Crippen LogP contribution in [-0.4, -0.2) is 11.6 Å². The number of halogens is 1. The zero-order chi connectivity index (χ0) is 10.4. The summed E-state index contributed by atoms with van der Waals surface area (Å²) in [5, 5.41) is 0. The van der Waals surface area contributed by atoms with Crippen LogP contribution >= 0.6 is 0 Å². The quantitative estimate of drug-likeness (QED) is 0.693. The number of hydrogen-bond donors (Lipinski definition) is 1. The second kappa shape index (κ2) is 5.40. The summed E-state index contributed by atoms with van der Waals surface area (Å²) in [4.78, 5) is 3.09. The highest BCUT2D eigenvalue weighted by Gasteiger charge is 1.96. The Hall–Kier alpha value is -1.35. The fraction of sp³-hybridized carbons (Fsp3) is 0.273. The van der Waals surface area contributed by atoms with Crippen molar-refractivity contribution in [1.82, 2.24) is 4.98 Å². The molecule has 0 spiro atoms. The number of nitrogens with one attached hydrogen (secondary N) is 1. The minimum Gasteiger partial charge on any atom is -0.375 e. The van der Waals surface area contributed by atoms with Gasteiger partial charge in [-0.25, -0.2) is 4.39 Å². The van der Waals surface area contributed by atoms with Crippen molar-refractivity contribution in [3.8, 4) is 0 Å². The smallest absolute Gasteiger partial charge is 0.0951 e. The molecule has 0 radical (unpaired) electrons. The van der Waals surface area contributed by atoms with Crippen LogP contribution in [0.15, 0.2) is 31.1 Å². The Bertz CT molecular complexity index is 317. The average molecular weight is 195 g/mol. The summed E-state index contributed by atoms with van der Waals surface area (Å²) in [6.07, 6.45) is 1.99. The van der Waals surface area contributed by atoms with Crippen molar-refractivity contribution in [3.05, 3.63) is 42.5 Å². The Morgan fingerprint density at radius 1 is 1.57 bits per heavy atom. The average Bonchev–Trinajstić information content (AvgIpc) is 2.60. The van der Waals surface area contributed by atoms with Crippen molar-refractivity contribution in [3.63, 3.8) is 0 Å². The number of H-pyrrole nitrogens is 1. The zero-order valence-corrected chi connectivity index (χ0v) is 8.05. The van der Waals surface area contributed by atoms with Gasteiger partial charge >= 0.3 is 0 Å². The van der Waals surface area contributed by atoms with Gasteiger partial charge in [-0.1, -0.05) is 13.2 Å². The van der Waals surface area contributed by atoms with E-state index >= 15 is 0 Å². The van der Waals surface area contributed by atoms with E-state index in [2.05, 4.69) is 18.1 Å². The zero-order valence-electron chi connectivity index (χ0n) is 8.05. The van der Waals surface area contributed by atoms with Gasteiger partial charge in [-0.05, 0) is 18.2 Å². The van der Waals surface area contributed by atoms with E-state index in [1.807, 2.05) is 12.1 Å². The molecule has 0 saturated carbocycles. The first kappa shape index (κ1) is 10.7. The lowest BCUT2D eigenvalue weighted by molar-refractivity contribution is 0.118. The summed E-state index contributed by atoms with van der Waals surface area (Å²) in [5.74, 6) is -0.344. The van der Waals surface area contributed by atoms with Crippen LogP contribution in [0.25, 0.3) is 6.08 Å². The van der Waals surface area contributed by atoms with Crippen LogP contribution < -0.4 is 0 Å². The number of aromatic nitrogens is 1. The molecule has 0 aliphatic heterocycles. The van der Waals surface area contributed by atoms with E-state index < -0.39 is 0 Å². The fourth-order valence-corrected chi connectivity index (χ4v) is 1.03. The molecular formula is C11H14FNO. The summed E-state index contributed by atoms with van der Waals surface area (Å²) in [6.45, 7) is 7.60. The summed E-state index contributed by atoms with van der Waals surface area (Å²) >= 11 is 0. The first-order valence-corrected chi connectivity index (χ1v) is 4.43. The van der Waals surface area contributed by atoms with Gasteiger partial charge in [0.25, 0.3) is 0 Å². The van der Waals surface area contributed by atoms with Gasteiger partial charge in [-0.3, -0.25) is 0 Å². The Morgan fingerprint density at radius 2 is 2.36 bits per heavy atom. The van der Waals surface area contributed by atoms with Crippen LogP contribution in [0.5, 0.6) is 0 Å². The summed E-state index contributed by atoms with van der Waals surface area (Å²) < 4.78 is 17.4. The highest BCUT2D eigenvalue weighted by molar-refractivity contribution is 5.42. The van der Waals surface area contributed by atoms with Crippen molar-refractivity contribution in [2.24, 2.45) is 0 Å². The van der Waals surface area contributed by atoms with E-state index in [9.17, 15) is 4.39 Å². The first-order valence-electron chi connectivity index (χ1n) is 4.43. The number of ether oxygens (including phenoxy) is 1. The molecule has 0 unspecified atom stereocenters. The molecule has 0 aliphatic carbocycles. The van der Waals surface area contributed by atoms with Crippen LogP contribution in [0, 0.1) is 0 Å². The molecule has 0 aliphatic rings. The highest BCUT2D eigenvalue weighted by Crippen LogP contribution is 2.05. The monoisotopic (exact) mass is 195 g/mol. The van der Waals surface area contributed by atoms with Crippen LogP contribution in [0.3, 0.4) is 0 Å². The van der Waals surface area contributed by atoms with Gasteiger partial charge in [-0.2, -0.15) is 0 Å². The molecule has 1 aromatic rings. The summed E-state index contributed by atoms with van der Waals surface area (Å²) in [7, 11) is 0. The second-order valence-corrected chi connectivity index (χ2v) is 2.96. The predicted molar refractivity (Wildman–Crippen MR) is 55.4 cm³/mol. The maximum atomic E-state index is 12.2. The van der Waals surface area contributed by atoms with Crippen molar-refractivity contribution in [2.45, 2.75) is 13.0 Å². The molecule has 0 amide bonds. The van der Waals surface area contributed by atoms with Crippen LogP contribution in [-0.2, 0) is 11.3 Å². The Balaban J connectivity index is 2.24. The van der Waals surface area contributed by atoms with Gasteiger partial charge in [0.05, 0.1) is 19.0 Å². The molecule has 3 heteroatoms. The van der Waals surface area contributed by atoms with E-state index in [1.54, 1.807) is 6.08 Å². The molecule has 1 aromatic heterocycles. The van der Waals surface area contributed by atoms with E-state index in [0.717, 1.165) is 11.4 Å². The molecule has 0 atom stereocenters. The molecular weight excluding hydrogens is 181 g/mol. The number of rotatable bonds is 6. The first-order chi connectivity index (χ1) is 6.72. The SMILES string of the molecule is C=Cc1ccc(COCCC(=C)F)[nH]1. The lowest BCUT2D eigenvalue weighted by Crippen LogP contribution is -1.95.